The van der Waals surface area contributed by atoms with E-state index in [1.54, 1.807) is 19.1 Å². The number of anilines is 1. The van der Waals surface area contributed by atoms with Gasteiger partial charge in [-0.25, -0.2) is 13.1 Å². The fraction of sp³-hybridized carbons (Fsp3) is 0.294. The van der Waals surface area contributed by atoms with E-state index in [1.807, 2.05) is 0 Å². The average Bonchev–Trinajstić information content (AvgIpc) is 3.13. The van der Waals surface area contributed by atoms with E-state index in [0.717, 1.165) is 0 Å². The molecule has 0 fully saturated rings. The normalized spacial score (nSPS) is 11.1. The minimum absolute atomic E-state index is 0.0103. The zero-order chi connectivity index (χ0) is 19.0. The van der Waals surface area contributed by atoms with Gasteiger partial charge in [0, 0.05) is 12.1 Å². The van der Waals surface area contributed by atoms with E-state index in [0.29, 0.717) is 11.4 Å². The standard InChI is InChI=1S/C17H20N2O6S/c1-2-24-17(21)10-9-16(20)19-13-5-7-15(8-6-13)26(22,23)18-12-14-4-3-11-25-14/h3-8,11,18H,2,9-10,12H2,1H3,(H,19,20). The van der Waals surface area contributed by atoms with Crippen LogP contribution in [-0.2, 0) is 30.9 Å². The van der Waals surface area contributed by atoms with Crippen LogP contribution >= 0.6 is 0 Å². The van der Waals surface area contributed by atoms with Crippen molar-refractivity contribution < 1.29 is 27.2 Å². The molecule has 0 unspecified atom stereocenters. The number of hydrogen-bond acceptors (Lipinski definition) is 6. The van der Waals surface area contributed by atoms with E-state index in [9.17, 15) is 18.0 Å². The molecule has 0 spiro atoms. The van der Waals surface area contributed by atoms with Crippen LogP contribution in [0.15, 0.2) is 52.0 Å². The van der Waals surface area contributed by atoms with Crippen LogP contribution in [0.2, 0.25) is 0 Å². The van der Waals surface area contributed by atoms with Gasteiger partial charge in [0.05, 0.1) is 30.7 Å². The highest BCUT2D eigenvalue weighted by atomic mass is 32.2. The molecule has 1 amide bonds. The summed E-state index contributed by atoms with van der Waals surface area (Å²) in [6.45, 7) is 2.00. The summed E-state index contributed by atoms with van der Waals surface area (Å²) in [7, 11) is -3.69. The van der Waals surface area contributed by atoms with Gasteiger partial charge in [0.25, 0.3) is 0 Å². The molecule has 1 aromatic carbocycles. The van der Waals surface area contributed by atoms with Crippen LogP contribution in [0.5, 0.6) is 0 Å². The molecule has 8 nitrogen and oxygen atoms in total. The van der Waals surface area contributed by atoms with Crippen molar-refractivity contribution in [1.82, 2.24) is 4.72 Å². The molecule has 1 aromatic heterocycles. The first-order valence-corrected chi connectivity index (χ1v) is 9.46. The highest BCUT2D eigenvalue weighted by molar-refractivity contribution is 7.89. The Labute approximate surface area is 151 Å². The predicted octanol–water partition coefficient (Wildman–Crippen LogP) is 2.04. The summed E-state index contributed by atoms with van der Waals surface area (Å²) in [6, 6.07) is 9.05. The molecule has 2 N–H and O–H groups in total. The van der Waals surface area contributed by atoms with Gasteiger partial charge >= 0.3 is 5.97 Å². The number of benzene rings is 1. The molecule has 0 aliphatic heterocycles. The van der Waals surface area contributed by atoms with E-state index < -0.39 is 16.0 Å². The summed E-state index contributed by atoms with van der Waals surface area (Å²) in [5, 5.41) is 2.60. The zero-order valence-corrected chi connectivity index (χ0v) is 15.0. The second kappa shape index (κ2) is 9.16. The summed E-state index contributed by atoms with van der Waals surface area (Å²) in [5.41, 5.74) is 0.434. The van der Waals surface area contributed by atoms with Crippen LogP contribution in [-0.4, -0.2) is 26.9 Å². The van der Waals surface area contributed by atoms with Crippen molar-refractivity contribution in [1.29, 1.82) is 0 Å². The summed E-state index contributed by atoms with van der Waals surface area (Å²) >= 11 is 0. The highest BCUT2D eigenvalue weighted by Crippen LogP contribution is 2.15. The van der Waals surface area contributed by atoms with Crippen molar-refractivity contribution >= 4 is 27.6 Å². The molecule has 9 heteroatoms. The van der Waals surface area contributed by atoms with Crippen molar-refractivity contribution in [2.75, 3.05) is 11.9 Å². The van der Waals surface area contributed by atoms with Crippen molar-refractivity contribution in [3.05, 3.63) is 48.4 Å². The molecule has 0 aliphatic carbocycles. The number of ether oxygens (including phenoxy) is 1. The van der Waals surface area contributed by atoms with Gasteiger partial charge in [-0.3, -0.25) is 9.59 Å². The summed E-state index contributed by atoms with van der Waals surface area (Å²) in [4.78, 5) is 23.1. The van der Waals surface area contributed by atoms with E-state index >= 15 is 0 Å². The Morgan fingerprint density at radius 3 is 2.46 bits per heavy atom. The van der Waals surface area contributed by atoms with Crippen molar-refractivity contribution in [3.63, 3.8) is 0 Å². The molecule has 1 heterocycles. The number of nitrogens with one attached hydrogen (secondary N) is 2. The second-order valence-corrected chi connectivity index (χ2v) is 7.05. The Kier molecular flexibility index (Phi) is 6.93. The molecular weight excluding hydrogens is 360 g/mol. The number of esters is 1. The van der Waals surface area contributed by atoms with E-state index in [4.69, 9.17) is 9.15 Å². The lowest BCUT2D eigenvalue weighted by atomic mass is 10.2. The summed E-state index contributed by atoms with van der Waals surface area (Å²) in [5.74, 6) is -0.296. The van der Waals surface area contributed by atoms with E-state index in [2.05, 4.69) is 10.0 Å². The Morgan fingerprint density at radius 1 is 1.12 bits per heavy atom. The Balaban J connectivity index is 1.88. The number of carbonyl (C=O) groups is 2. The van der Waals surface area contributed by atoms with Gasteiger partial charge in [-0.15, -0.1) is 0 Å². The second-order valence-electron chi connectivity index (χ2n) is 5.28. The van der Waals surface area contributed by atoms with Gasteiger partial charge in [0.2, 0.25) is 15.9 Å². The maximum atomic E-state index is 12.2. The molecular formula is C17H20N2O6S. The van der Waals surface area contributed by atoms with Crippen molar-refractivity contribution in [2.24, 2.45) is 0 Å². The lowest BCUT2D eigenvalue weighted by Crippen LogP contribution is -2.23. The maximum Gasteiger partial charge on any atom is 0.306 e. The average molecular weight is 380 g/mol. The summed E-state index contributed by atoms with van der Waals surface area (Å²) < 4.78 is 36.7. The molecule has 0 saturated heterocycles. The van der Waals surface area contributed by atoms with Gasteiger partial charge in [-0.1, -0.05) is 0 Å². The SMILES string of the molecule is CCOC(=O)CCC(=O)Nc1ccc(S(=O)(=O)NCc2ccco2)cc1. The first kappa shape index (κ1) is 19.7. The number of carbonyl (C=O) groups excluding carboxylic acids is 2. The van der Waals surface area contributed by atoms with Crippen molar-refractivity contribution in [2.45, 2.75) is 31.2 Å². The molecule has 2 rings (SSSR count). The third kappa shape index (κ3) is 6.01. The predicted molar refractivity (Wildman–Crippen MR) is 93.7 cm³/mol. The topological polar surface area (TPSA) is 115 Å². The van der Waals surface area contributed by atoms with Crippen LogP contribution in [0.1, 0.15) is 25.5 Å². The quantitative estimate of drug-likeness (QED) is 0.644. The van der Waals surface area contributed by atoms with Crippen LogP contribution in [0.25, 0.3) is 0 Å². The Bertz CT molecular complexity index is 829. The maximum absolute atomic E-state index is 12.2. The molecule has 26 heavy (non-hydrogen) atoms. The molecule has 0 aliphatic rings. The fourth-order valence-corrected chi connectivity index (χ4v) is 3.05. The Morgan fingerprint density at radius 2 is 1.85 bits per heavy atom. The van der Waals surface area contributed by atoms with Gasteiger partial charge in [0.15, 0.2) is 0 Å². The van der Waals surface area contributed by atoms with E-state index in [1.165, 1.54) is 30.5 Å². The molecule has 2 aromatic rings. The van der Waals surface area contributed by atoms with Crippen LogP contribution in [0, 0.1) is 0 Å². The molecule has 0 saturated carbocycles. The van der Waals surface area contributed by atoms with Crippen LogP contribution in [0.4, 0.5) is 5.69 Å². The first-order valence-electron chi connectivity index (χ1n) is 7.98. The number of amides is 1. The van der Waals surface area contributed by atoms with Crippen LogP contribution < -0.4 is 10.0 Å². The number of sulfonamides is 1. The van der Waals surface area contributed by atoms with Crippen LogP contribution in [0.3, 0.4) is 0 Å². The number of rotatable bonds is 9. The molecule has 140 valence electrons. The summed E-state index contributed by atoms with van der Waals surface area (Å²) in [6.07, 6.45) is 1.44. The largest absolute Gasteiger partial charge is 0.468 e. The van der Waals surface area contributed by atoms with Gasteiger partial charge in [-0.05, 0) is 43.3 Å². The fourth-order valence-electron chi connectivity index (χ4n) is 2.05. The number of furan rings is 1. The minimum atomic E-state index is -3.69. The minimum Gasteiger partial charge on any atom is -0.468 e. The van der Waals surface area contributed by atoms with Gasteiger partial charge in [-0.2, -0.15) is 0 Å². The molecule has 0 radical (unpaired) electrons. The third-order valence-corrected chi connectivity index (χ3v) is 4.74. The van der Waals surface area contributed by atoms with E-state index in [-0.39, 0.29) is 36.8 Å². The van der Waals surface area contributed by atoms with Crippen molar-refractivity contribution in [3.8, 4) is 0 Å². The smallest absolute Gasteiger partial charge is 0.306 e. The zero-order valence-electron chi connectivity index (χ0n) is 14.2. The lowest BCUT2D eigenvalue weighted by molar-refractivity contribution is -0.144. The molecule has 0 bridgehead atoms. The van der Waals surface area contributed by atoms with Gasteiger partial charge in [0.1, 0.15) is 5.76 Å². The first-order chi connectivity index (χ1) is 12.4. The number of hydrogen-bond donors (Lipinski definition) is 2. The third-order valence-electron chi connectivity index (χ3n) is 3.33. The van der Waals surface area contributed by atoms with Gasteiger partial charge < -0.3 is 14.5 Å². The lowest BCUT2D eigenvalue weighted by Gasteiger charge is -2.08. The Hall–Kier alpha value is -2.65. The molecule has 0 atom stereocenters. The highest BCUT2D eigenvalue weighted by Gasteiger charge is 2.15. The monoisotopic (exact) mass is 380 g/mol.